The molecule has 29 heavy (non-hydrogen) atoms. The number of halogens is 1. The van der Waals surface area contributed by atoms with Crippen LogP contribution in [-0.2, 0) is 11.2 Å². The van der Waals surface area contributed by atoms with Crippen LogP contribution in [0.25, 0.3) is 22.1 Å². The van der Waals surface area contributed by atoms with E-state index in [1.807, 2.05) is 12.1 Å². The van der Waals surface area contributed by atoms with Gasteiger partial charge in [-0.15, -0.1) is 0 Å². The molecule has 0 N–H and O–H groups in total. The van der Waals surface area contributed by atoms with Gasteiger partial charge in [-0.25, -0.2) is 9.37 Å². The minimum Gasteiger partial charge on any atom is -0.441 e. The third kappa shape index (κ3) is 4.22. The topological polar surface area (TPSA) is 59.2 Å². The van der Waals surface area contributed by atoms with E-state index in [2.05, 4.69) is 29.0 Å². The van der Waals surface area contributed by atoms with E-state index in [1.54, 1.807) is 13.1 Å². The van der Waals surface area contributed by atoms with Gasteiger partial charge in [-0.3, -0.25) is 9.78 Å². The van der Waals surface area contributed by atoms with Gasteiger partial charge in [-0.05, 0) is 63.4 Å². The number of hydrogen-bond donors (Lipinski definition) is 0. The molecule has 0 spiro atoms. The number of nitrogens with zero attached hydrogens (tertiary/aromatic N) is 3. The molecule has 1 aromatic carbocycles. The molecule has 0 unspecified atom stereocenters. The fourth-order valence-electron chi connectivity index (χ4n) is 4.23. The first-order valence-corrected chi connectivity index (χ1v) is 10.1. The fourth-order valence-corrected chi connectivity index (χ4v) is 4.23. The highest BCUT2D eigenvalue weighted by Gasteiger charge is 2.27. The number of pyridine rings is 1. The molecule has 2 aromatic heterocycles. The van der Waals surface area contributed by atoms with Gasteiger partial charge in [-0.1, -0.05) is 0 Å². The van der Waals surface area contributed by atoms with E-state index in [-0.39, 0.29) is 17.5 Å². The maximum atomic E-state index is 14.6. The van der Waals surface area contributed by atoms with Crippen LogP contribution < -0.4 is 0 Å². The first kappa shape index (κ1) is 19.7. The van der Waals surface area contributed by atoms with Crippen LogP contribution in [-0.4, -0.2) is 40.8 Å². The number of carbonyl (C=O) groups excluding carboxylic acids is 1. The standard InChI is InChI=1S/C23H26FN3O2/c1-14-25-13-23(29-14)17-8-16-9-18(26-12-20(16)21(24)10-17)11-22(28)15-4-6-19(7-5-15)27(2)3/h8-10,12-13,15,19H,4-7,11H2,1-3H3. The molecular formula is C23H26FN3O2. The van der Waals surface area contributed by atoms with Crippen molar-refractivity contribution in [3.05, 3.63) is 48.0 Å². The van der Waals surface area contributed by atoms with Gasteiger partial charge in [0.2, 0.25) is 0 Å². The second kappa shape index (κ2) is 8.03. The second-order valence-corrected chi connectivity index (χ2v) is 8.21. The molecule has 0 saturated heterocycles. The van der Waals surface area contributed by atoms with Gasteiger partial charge in [0, 0.05) is 48.1 Å². The zero-order valence-corrected chi connectivity index (χ0v) is 17.1. The van der Waals surface area contributed by atoms with Gasteiger partial charge in [0.25, 0.3) is 0 Å². The summed E-state index contributed by atoms with van der Waals surface area (Å²) in [7, 11) is 4.19. The molecule has 1 aliphatic rings. The van der Waals surface area contributed by atoms with Crippen LogP contribution in [0, 0.1) is 18.7 Å². The van der Waals surface area contributed by atoms with E-state index >= 15 is 0 Å². The Labute approximate surface area is 169 Å². The SMILES string of the molecule is Cc1ncc(-c2cc(F)c3cnc(CC(=O)C4CCC(N(C)C)CC4)cc3c2)o1. The second-order valence-electron chi connectivity index (χ2n) is 8.21. The molecule has 6 heteroatoms. The summed E-state index contributed by atoms with van der Waals surface area (Å²) in [6, 6.07) is 5.67. The van der Waals surface area contributed by atoms with Crippen LogP contribution in [0.4, 0.5) is 4.39 Å². The van der Waals surface area contributed by atoms with Gasteiger partial charge in [0.05, 0.1) is 6.20 Å². The number of rotatable bonds is 5. The number of aryl methyl sites for hydroxylation is 1. The highest BCUT2D eigenvalue weighted by Crippen LogP contribution is 2.30. The number of carbonyl (C=O) groups is 1. The lowest BCUT2D eigenvalue weighted by molar-refractivity contribution is -0.123. The lowest BCUT2D eigenvalue weighted by Crippen LogP contribution is -2.34. The van der Waals surface area contributed by atoms with Gasteiger partial charge < -0.3 is 9.32 Å². The Morgan fingerprint density at radius 1 is 1.14 bits per heavy atom. The predicted octanol–water partition coefficient (Wildman–Crippen LogP) is 4.57. The Balaban J connectivity index is 1.53. The number of ketones is 1. The molecule has 152 valence electrons. The van der Waals surface area contributed by atoms with Crippen molar-refractivity contribution in [1.82, 2.24) is 14.9 Å². The average Bonchev–Trinajstić information content (AvgIpc) is 3.14. The van der Waals surface area contributed by atoms with E-state index in [1.165, 1.54) is 12.3 Å². The van der Waals surface area contributed by atoms with E-state index in [4.69, 9.17) is 4.42 Å². The predicted molar refractivity (Wildman–Crippen MR) is 110 cm³/mol. The molecule has 2 heterocycles. The van der Waals surface area contributed by atoms with Crippen molar-refractivity contribution in [2.24, 2.45) is 5.92 Å². The highest BCUT2D eigenvalue weighted by atomic mass is 19.1. The molecule has 3 aromatic rings. The molecule has 0 amide bonds. The molecule has 0 atom stereocenters. The summed E-state index contributed by atoms with van der Waals surface area (Å²) in [5.74, 6) is 1.03. The summed E-state index contributed by atoms with van der Waals surface area (Å²) in [4.78, 5) is 23.5. The Morgan fingerprint density at radius 3 is 2.55 bits per heavy atom. The van der Waals surface area contributed by atoms with Crippen molar-refractivity contribution in [2.45, 2.75) is 45.1 Å². The molecule has 1 aliphatic carbocycles. The van der Waals surface area contributed by atoms with Crippen molar-refractivity contribution in [1.29, 1.82) is 0 Å². The van der Waals surface area contributed by atoms with Gasteiger partial charge >= 0.3 is 0 Å². The van der Waals surface area contributed by atoms with Crippen molar-refractivity contribution >= 4 is 16.6 Å². The third-order valence-corrected chi connectivity index (χ3v) is 5.99. The van der Waals surface area contributed by atoms with Gasteiger partial charge in [0.15, 0.2) is 11.7 Å². The van der Waals surface area contributed by atoms with Crippen LogP contribution in [0.3, 0.4) is 0 Å². The van der Waals surface area contributed by atoms with Crippen LogP contribution in [0.2, 0.25) is 0 Å². The van der Waals surface area contributed by atoms with Crippen molar-refractivity contribution < 1.29 is 13.6 Å². The molecule has 1 fully saturated rings. The van der Waals surface area contributed by atoms with Crippen LogP contribution >= 0.6 is 0 Å². The van der Waals surface area contributed by atoms with Crippen LogP contribution in [0.5, 0.6) is 0 Å². The Hall–Kier alpha value is -2.60. The molecule has 4 rings (SSSR count). The summed E-state index contributed by atoms with van der Waals surface area (Å²) in [6.07, 6.45) is 7.37. The summed E-state index contributed by atoms with van der Waals surface area (Å²) < 4.78 is 20.1. The number of oxazole rings is 1. The molecule has 0 aliphatic heterocycles. The van der Waals surface area contributed by atoms with Crippen molar-refractivity contribution in [3.8, 4) is 11.3 Å². The number of benzene rings is 1. The third-order valence-electron chi connectivity index (χ3n) is 5.99. The van der Waals surface area contributed by atoms with E-state index < -0.39 is 0 Å². The minimum atomic E-state index is -0.362. The number of hydrogen-bond acceptors (Lipinski definition) is 5. The summed E-state index contributed by atoms with van der Waals surface area (Å²) in [6.45, 7) is 1.75. The Bertz CT molecular complexity index is 1040. The number of aromatic nitrogens is 2. The van der Waals surface area contributed by atoms with Crippen LogP contribution in [0.1, 0.15) is 37.3 Å². The summed E-state index contributed by atoms with van der Waals surface area (Å²) in [5, 5.41) is 1.15. The minimum absolute atomic E-state index is 0.101. The number of fused-ring (bicyclic) bond motifs is 1. The number of Topliss-reactive ketones (excluding diaryl/α,β-unsaturated/α-hetero) is 1. The lowest BCUT2D eigenvalue weighted by atomic mass is 9.82. The van der Waals surface area contributed by atoms with E-state index in [0.29, 0.717) is 46.1 Å². The van der Waals surface area contributed by atoms with Crippen molar-refractivity contribution in [3.63, 3.8) is 0 Å². The normalized spacial score (nSPS) is 19.8. The van der Waals surface area contributed by atoms with Gasteiger partial charge in [-0.2, -0.15) is 0 Å². The molecule has 5 nitrogen and oxygen atoms in total. The monoisotopic (exact) mass is 395 g/mol. The zero-order valence-electron chi connectivity index (χ0n) is 17.1. The fraction of sp³-hybridized carbons (Fsp3) is 0.435. The summed E-state index contributed by atoms with van der Waals surface area (Å²) >= 11 is 0. The maximum absolute atomic E-state index is 14.6. The van der Waals surface area contributed by atoms with Gasteiger partial charge in [0.1, 0.15) is 11.6 Å². The summed E-state index contributed by atoms with van der Waals surface area (Å²) in [5.41, 5.74) is 1.31. The maximum Gasteiger partial charge on any atom is 0.191 e. The molecule has 1 saturated carbocycles. The lowest BCUT2D eigenvalue weighted by Gasteiger charge is -2.31. The van der Waals surface area contributed by atoms with Crippen LogP contribution in [0.15, 0.2) is 35.0 Å². The first-order valence-electron chi connectivity index (χ1n) is 10.1. The highest BCUT2D eigenvalue weighted by molar-refractivity contribution is 5.88. The first-order chi connectivity index (χ1) is 13.9. The molecule has 0 radical (unpaired) electrons. The van der Waals surface area contributed by atoms with E-state index in [9.17, 15) is 9.18 Å². The smallest absolute Gasteiger partial charge is 0.191 e. The largest absolute Gasteiger partial charge is 0.441 e. The molecular weight excluding hydrogens is 369 g/mol. The Morgan fingerprint density at radius 2 is 1.90 bits per heavy atom. The quantitative estimate of drug-likeness (QED) is 0.633. The average molecular weight is 395 g/mol. The molecule has 0 bridgehead atoms. The van der Waals surface area contributed by atoms with E-state index in [0.717, 1.165) is 25.7 Å². The zero-order chi connectivity index (χ0) is 20.5. The Kier molecular flexibility index (Phi) is 5.46. The van der Waals surface area contributed by atoms with Crippen molar-refractivity contribution in [2.75, 3.05) is 14.1 Å².